The average molecular weight is 373 g/mol. The Hall–Kier alpha value is -1.10. The van der Waals surface area contributed by atoms with Gasteiger partial charge < -0.3 is 10.5 Å². The van der Waals surface area contributed by atoms with Crippen LogP contribution in [-0.4, -0.2) is 6.04 Å². The molecule has 0 fully saturated rings. The van der Waals surface area contributed by atoms with E-state index in [1.165, 1.54) is 12.1 Å². The minimum atomic E-state index is -0.288. The van der Waals surface area contributed by atoms with Crippen molar-refractivity contribution in [1.29, 1.82) is 0 Å². The Bertz CT molecular complexity index is 634. The summed E-state index contributed by atoms with van der Waals surface area (Å²) in [5.41, 5.74) is 7.69. The molecular weight excluding hydrogens is 357 g/mol. The fourth-order valence-corrected chi connectivity index (χ4v) is 2.68. The lowest BCUT2D eigenvalue weighted by Crippen LogP contribution is -2.17. The van der Waals surface area contributed by atoms with Crippen LogP contribution in [0.1, 0.15) is 18.1 Å². The Labute approximate surface area is 137 Å². The minimum Gasteiger partial charge on any atom is -0.487 e. The Morgan fingerprint density at radius 2 is 2.05 bits per heavy atom. The van der Waals surface area contributed by atoms with Crippen molar-refractivity contribution in [2.75, 3.05) is 0 Å². The molecule has 1 atom stereocenters. The molecular formula is C16H16BrClFNO. The molecule has 1 unspecified atom stereocenters. The van der Waals surface area contributed by atoms with E-state index in [0.29, 0.717) is 21.9 Å². The van der Waals surface area contributed by atoms with Crippen molar-refractivity contribution in [3.8, 4) is 5.75 Å². The van der Waals surface area contributed by atoms with Gasteiger partial charge in [0.15, 0.2) is 0 Å². The van der Waals surface area contributed by atoms with Gasteiger partial charge in [-0.2, -0.15) is 0 Å². The summed E-state index contributed by atoms with van der Waals surface area (Å²) in [6, 6.07) is 10.2. The highest BCUT2D eigenvalue weighted by Crippen LogP contribution is 2.28. The summed E-state index contributed by atoms with van der Waals surface area (Å²) < 4.78 is 19.4. The number of ether oxygens (including phenoxy) is 1. The summed E-state index contributed by atoms with van der Waals surface area (Å²) in [6.45, 7) is 2.26. The first-order valence-electron chi connectivity index (χ1n) is 6.56. The summed E-state index contributed by atoms with van der Waals surface area (Å²) in [5.74, 6) is 0.310. The van der Waals surface area contributed by atoms with Crippen LogP contribution in [-0.2, 0) is 13.0 Å². The van der Waals surface area contributed by atoms with Gasteiger partial charge in [0.25, 0.3) is 0 Å². The molecule has 0 spiro atoms. The molecule has 2 aromatic carbocycles. The Morgan fingerprint density at radius 1 is 1.29 bits per heavy atom. The van der Waals surface area contributed by atoms with Gasteiger partial charge in [0.05, 0.1) is 5.02 Å². The molecule has 0 aromatic heterocycles. The van der Waals surface area contributed by atoms with Crippen molar-refractivity contribution in [1.82, 2.24) is 0 Å². The van der Waals surface area contributed by atoms with Crippen LogP contribution in [0.2, 0.25) is 5.02 Å². The zero-order valence-corrected chi connectivity index (χ0v) is 13.9. The molecule has 2 nitrogen and oxygen atoms in total. The molecule has 0 aliphatic carbocycles. The largest absolute Gasteiger partial charge is 0.487 e. The highest BCUT2D eigenvalue weighted by atomic mass is 79.9. The van der Waals surface area contributed by atoms with Crippen LogP contribution in [0.25, 0.3) is 0 Å². The fourth-order valence-electron chi connectivity index (χ4n) is 1.95. The first-order chi connectivity index (χ1) is 9.95. The second-order valence-electron chi connectivity index (χ2n) is 4.97. The average Bonchev–Trinajstić information content (AvgIpc) is 2.39. The Morgan fingerprint density at radius 3 is 2.67 bits per heavy atom. The topological polar surface area (TPSA) is 35.2 Å². The molecule has 0 bridgehead atoms. The lowest BCUT2D eigenvalue weighted by atomic mass is 10.1. The third kappa shape index (κ3) is 4.70. The second kappa shape index (κ2) is 7.25. The van der Waals surface area contributed by atoms with Crippen LogP contribution < -0.4 is 10.5 Å². The lowest BCUT2D eigenvalue weighted by molar-refractivity contribution is 0.305. The van der Waals surface area contributed by atoms with E-state index in [-0.39, 0.29) is 11.9 Å². The van der Waals surface area contributed by atoms with Crippen molar-refractivity contribution < 1.29 is 9.13 Å². The zero-order valence-electron chi connectivity index (χ0n) is 11.6. The van der Waals surface area contributed by atoms with E-state index >= 15 is 0 Å². The predicted octanol–water partition coefficient (Wildman–Crippen LogP) is 4.71. The van der Waals surface area contributed by atoms with Crippen LogP contribution in [0.15, 0.2) is 40.9 Å². The van der Waals surface area contributed by atoms with Gasteiger partial charge in [-0.3, -0.25) is 0 Å². The monoisotopic (exact) mass is 371 g/mol. The normalized spacial score (nSPS) is 12.2. The van der Waals surface area contributed by atoms with Gasteiger partial charge >= 0.3 is 0 Å². The van der Waals surface area contributed by atoms with Crippen molar-refractivity contribution in [3.63, 3.8) is 0 Å². The maximum Gasteiger partial charge on any atom is 0.138 e. The van der Waals surface area contributed by atoms with E-state index < -0.39 is 0 Å². The number of hydrogen-bond acceptors (Lipinski definition) is 2. The van der Waals surface area contributed by atoms with Crippen LogP contribution in [0.4, 0.5) is 4.39 Å². The lowest BCUT2D eigenvalue weighted by Gasteiger charge is -2.11. The van der Waals surface area contributed by atoms with Crippen LogP contribution >= 0.6 is 27.5 Å². The van der Waals surface area contributed by atoms with Crippen molar-refractivity contribution in [2.45, 2.75) is 26.0 Å². The van der Waals surface area contributed by atoms with Gasteiger partial charge in [0.2, 0.25) is 0 Å². The van der Waals surface area contributed by atoms with Crippen molar-refractivity contribution >= 4 is 27.5 Å². The number of hydrogen-bond donors (Lipinski definition) is 1. The van der Waals surface area contributed by atoms with Gasteiger partial charge in [-0.25, -0.2) is 4.39 Å². The molecule has 0 saturated carbocycles. The first-order valence-corrected chi connectivity index (χ1v) is 7.73. The molecule has 2 aromatic rings. The van der Waals surface area contributed by atoms with Crippen LogP contribution in [0, 0.1) is 5.82 Å². The van der Waals surface area contributed by atoms with Crippen LogP contribution in [0.3, 0.4) is 0 Å². The summed E-state index contributed by atoms with van der Waals surface area (Å²) in [5, 5.41) is 0.548. The fraction of sp³-hybridized carbons (Fsp3) is 0.250. The molecule has 0 heterocycles. The number of halogens is 3. The van der Waals surface area contributed by atoms with Crippen molar-refractivity contribution in [3.05, 3.63) is 62.8 Å². The van der Waals surface area contributed by atoms with E-state index in [2.05, 4.69) is 15.9 Å². The summed E-state index contributed by atoms with van der Waals surface area (Å²) in [6.07, 6.45) is 0.767. The van der Waals surface area contributed by atoms with E-state index in [9.17, 15) is 4.39 Å². The standard InChI is InChI=1S/C16H16BrClFNO/c1-10(20)6-11-2-5-16(15(18)7-11)21-9-12-3-4-13(19)8-14(12)17/h2-5,7-8,10H,6,9,20H2,1H3. The van der Waals surface area contributed by atoms with Gasteiger partial charge in [-0.15, -0.1) is 0 Å². The van der Waals surface area contributed by atoms with Crippen LogP contribution in [0.5, 0.6) is 5.75 Å². The maximum atomic E-state index is 13.0. The summed E-state index contributed by atoms with van der Waals surface area (Å²) in [7, 11) is 0. The van der Waals surface area contributed by atoms with Gasteiger partial charge in [-0.05, 0) is 43.2 Å². The van der Waals surface area contributed by atoms with E-state index in [0.717, 1.165) is 17.5 Å². The molecule has 2 N–H and O–H groups in total. The van der Waals surface area contributed by atoms with Gasteiger partial charge in [0, 0.05) is 16.1 Å². The molecule has 21 heavy (non-hydrogen) atoms. The number of nitrogens with two attached hydrogens (primary N) is 1. The predicted molar refractivity (Wildman–Crippen MR) is 87.2 cm³/mol. The smallest absolute Gasteiger partial charge is 0.138 e. The van der Waals surface area contributed by atoms with E-state index in [1.54, 1.807) is 6.07 Å². The van der Waals surface area contributed by atoms with Gasteiger partial charge in [-0.1, -0.05) is 39.7 Å². The molecule has 0 aliphatic heterocycles. The summed E-state index contributed by atoms with van der Waals surface area (Å²) in [4.78, 5) is 0. The zero-order chi connectivity index (χ0) is 15.4. The number of rotatable bonds is 5. The van der Waals surface area contributed by atoms with E-state index in [1.807, 2.05) is 25.1 Å². The first kappa shape index (κ1) is 16.3. The SMILES string of the molecule is CC(N)Cc1ccc(OCc2ccc(F)cc2Br)c(Cl)c1. The molecule has 112 valence electrons. The van der Waals surface area contributed by atoms with E-state index in [4.69, 9.17) is 22.1 Å². The number of benzene rings is 2. The second-order valence-corrected chi connectivity index (χ2v) is 6.23. The van der Waals surface area contributed by atoms with Crippen molar-refractivity contribution in [2.24, 2.45) is 5.73 Å². The highest BCUT2D eigenvalue weighted by molar-refractivity contribution is 9.10. The molecule has 5 heteroatoms. The Balaban J connectivity index is 2.06. The molecule has 0 amide bonds. The summed E-state index contributed by atoms with van der Waals surface area (Å²) >= 11 is 9.52. The molecule has 2 rings (SSSR count). The third-order valence-corrected chi connectivity index (χ3v) is 3.99. The Kier molecular flexibility index (Phi) is 5.62. The maximum absolute atomic E-state index is 13.0. The quantitative estimate of drug-likeness (QED) is 0.825. The molecule has 0 aliphatic rings. The minimum absolute atomic E-state index is 0.0861. The molecule has 0 saturated heterocycles. The molecule has 0 radical (unpaired) electrons. The van der Waals surface area contributed by atoms with Gasteiger partial charge in [0.1, 0.15) is 18.2 Å². The third-order valence-electron chi connectivity index (χ3n) is 2.95. The highest BCUT2D eigenvalue weighted by Gasteiger charge is 2.07.